The van der Waals surface area contributed by atoms with Crippen molar-refractivity contribution in [1.82, 2.24) is 0 Å². The fourth-order valence-electron chi connectivity index (χ4n) is 4.07. The molecule has 0 saturated carbocycles. The molecule has 2 aliphatic rings. The summed E-state index contributed by atoms with van der Waals surface area (Å²) < 4.78 is 21.5. The number of esters is 4. The van der Waals surface area contributed by atoms with Gasteiger partial charge in [-0.25, -0.2) is 9.59 Å². The Morgan fingerprint density at radius 1 is 1.16 bits per heavy atom. The summed E-state index contributed by atoms with van der Waals surface area (Å²) in [5.74, 6) is -2.50. The van der Waals surface area contributed by atoms with E-state index in [4.69, 9.17) is 18.9 Å². The third kappa shape index (κ3) is 6.06. The molecule has 1 fully saturated rings. The van der Waals surface area contributed by atoms with Crippen LogP contribution in [-0.2, 0) is 38.1 Å². The van der Waals surface area contributed by atoms with Gasteiger partial charge in [-0.1, -0.05) is 20.1 Å². The van der Waals surface area contributed by atoms with E-state index in [1.54, 1.807) is 6.92 Å². The first-order chi connectivity index (χ1) is 14.5. The molecule has 0 aromatic heterocycles. The van der Waals surface area contributed by atoms with Crippen LogP contribution in [0.1, 0.15) is 47.0 Å². The predicted octanol–water partition coefficient (Wildman–Crippen LogP) is 2.81. The zero-order valence-electron chi connectivity index (χ0n) is 18.5. The summed E-state index contributed by atoms with van der Waals surface area (Å²) in [6.07, 6.45) is 0.287. The molecule has 4 atom stereocenters. The molecule has 1 aliphatic heterocycles. The SMILES string of the molecule is C=C(C)C(=O)OCC1=C([C@@H](C)CCCOC(C)=O)[C@@H](OC(C)=O)[C@H]2C(=C)C(=O)O[C@@H]2C1. The highest BCUT2D eigenvalue weighted by Gasteiger charge is 2.50. The van der Waals surface area contributed by atoms with Gasteiger partial charge in [0.25, 0.3) is 0 Å². The second-order valence-corrected chi connectivity index (χ2v) is 8.03. The molecule has 170 valence electrons. The molecule has 31 heavy (non-hydrogen) atoms. The zero-order chi connectivity index (χ0) is 23.3. The largest absolute Gasteiger partial charge is 0.466 e. The van der Waals surface area contributed by atoms with Gasteiger partial charge in [0.2, 0.25) is 0 Å². The summed E-state index contributed by atoms with van der Waals surface area (Å²) in [6, 6.07) is 0. The number of rotatable bonds is 9. The molecule has 8 nitrogen and oxygen atoms in total. The first kappa shape index (κ1) is 24.4. The van der Waals surface area contributed by atoms with Crippen molar-refractivity contribution in [3.8, 4) is 0 Å². The molecule has 1 heterocycles. The highest BCUT2D eigenvalue weighted by atomic mass is 16.6. The maximum atomic E-state index is 12.2. The first-order valence-corrected chi connectivity index (χ1v) is 10.3. The lowest BCUT2D eigenvalue weighted by molar-refractivity contribution is -0.149. The fraction of sp³-hybridized carbons (Fsp3) is 0.565. The fourth-order valence-corrected chi connectivity index (χ4v) is 4.07. The summed E-state index contributed by atoms with van der Waals surface area (Å²) >= 11 is 0. The van der Waals surface area contributed by atoms with Crippen LogP contribution in [0.25, 0.3) is 0 Å². The second kappa shape index (κ2) is 10.4. The third-order valence-electron chi connectivity index (χ3n) is 5.45. The number of carbonyl (C=O) groups excluding carboxylic acids is 4. The van der Waals surface area contributed by atoms with Crippen LogP contribution >= 0.6 is 0 Å². The van der Waals surface area contributed by atoms with Crippen molar-refractivity contribution in [2.45, 2.75) is 59.2 Å². The Morgan fingerprint density at radius 2 is 1.84 bits per heavy atom. The summed E-state index contributed by atoms with van der Waals surface area (Å²) in [5, 5.41) is 0. The van der Waals surface area contributed by atoms with Crippen LogP contribution in [0.4, 0.5) is 0 Å². The van der Waals surface area contributed by atoms with E-state index in [0.29, 0.717) is 19.3 Å². The Hall–Kier alpha value is -2.90. The van der Waals surface area contributed by atoms with E-state index in [9.17, 15) is 19.2 Å². The third-order valence-corrected chi connectivity index (χ3v) is 5.45. The molecule has 1 aliphatic carbocycles. The van der Waals surface area contributed by atoms with E-state index in [0.717, 1.165) is 11.1 Å². The summed E-state index contributed by atoms with van der Waals surface area (Å²) in [5.41, 5.74) is 2.05. The lowest BCUT2D eigenvalue weighted by atomic mass is 9.73. The zero-order valence-corrected chi connectivity index (χ0v) is 18.5. The molecule has 0 unspecified atom stereocenters. The van der Waals surface area contributed by atoms with E-state index in [1.807, 2.05) is 6.92 Å². The van der Waals surface area contributed by atoms with Crippen LogP contribution < -0.4 is 0 Å². The van der Waals surface area contributed by atoms with Gasteiger partial charge in [0.1, 0.15) is 18.8 Å². The molecule has 2 rings (SSSR count). The van der Waals surface area contributed by atoms with Gasteiger partial charge < -0.3 is 18.9 Å². The minimum Gasteiger partial charge on any atom is -0.466 e. The lowest BCUT2D eigenvalue weighted by Crippen LogP contribution is -2.41. The van der Waals surface area contributed by atoms with Gasteiger partial charge in [0.15, 0.2) is 0 Å². The standard InChI is InChI=1S/C23H30O8/c1-12(2)22(26)29-11-17-10-18-20(14(4)23(27)31-18)21(30-16(6)25)19(17)13(3)8-7-9-28-15(5)24/h13,18,20-21H,1,4,7-11H2,2-3,5-6H3/t13-,18+,20-,21+/m0/s1. The maximum absolute atomic E-state index is 12.2. The van der Waals surface area contributed by atoms with Crippen LogP contribution in [0, 0.1) is 11.8 Å². The Bertz CT molecular complexity index is 821. The van der Waals surface area contributed by atoms with Gasteiger partial charge in [-0.15, -0.1) is 0 Å². The Balaban J connectivity index is 2.36. The number of hydrogen-bond donors (Lipinski definition) is 0. The molecule has 0 spiro atoms. The van der Waals surface area contributed by atoms with Crippen molar-refractivity contribution in [2.24, 2.45) is 11.8 Å². The van der Waals surface area contributed by atoms with Crippen LogP contribution in [0.15, 0.2) is 35.5 Å². The van der Waals surface area contributed by atoms with Crippen molar-refractivity contribution < 1.29 is 38.1 Å². The quantitative estimate of drug-likeness (QED) is 0.179. The highest BCUT2D eigenvalue weighted by Crippen LogP contribution is 2.45. The van der Waals surface area contributed by atoms with E-state index in [1.165, 1.54) is 13.8 Å². The average Bonchev–Trinajstić information content (AvgIpc) is 2.96. The number of ether oxygens (including phenoxy) is 4. The normalized spacial score (nSPS) is 23.5. The minimum absolute atomic E-state index is 0.0275. The Morgan fingerprint density at radius 3 is 2.42 bits per heavy atom. The summed E-state index contributed by atoms with van der Waals surface area (Å²) in [4.78, 5) is 47.0. The molecule has 0 amide bonds. The van der Waals surface area contributed by atoms with Crippen LogP contribution in [0.5, 0.6) is 0 Å². The van der Waals surface area contributed by atoms with Gasteiger partial charge in [-0.2, -0.15) is 0 Å². The molecule has 0 radical (unpaired) electrons. The summed E-state index contributed by atoms with van der Waals surface area (Å²) in [6.45, 7) is 13.8. The molecule has 0 aromatic rings. The van der Waals surface area contributed by atoms with Crippen molar-refractivity contribution >= 4 is 23.9 Å². The van der Waals surface area contributed by atoms with Crippen molar-refractivity contribution in [3.63, 3.8) is 0 Å². The molecule has 0 N–H and O–H groups in total. The number of carbonyl (C=O) groups is 4. The second-order valence-electron chi connectivity index (χ2n) is 8.03. The molecule has 8 heteroatoms. The maximum Gasteiger partial charge on any atom is 0.334 e. The topological polar surface area (TPSA) is 105 Å². The van der Waals surface area contributed by atoms with E-state index in [-0.39, 0.29) is 36.2 Å². The van der Waals surface area contributed by atoms with E-state index < -0.39 is 36.0 Å². The Labute approximate surface area is 182 Å². The minimum atomic E-state index is -0.752. The van der Waals surface area contributed by atoms with Gasteiger partial charge in [-0.05, 0) is 36.8 Å². The molecule has 1 saturated heterocycles. The Kier molecular flexibility index (Phi) is 8.19. The van der Waals surface area contributed by atoms with Gasteiger partial charge in [0.05, 0.1) is 12.5 Å². The predicted molar refractivity (Wildman–Crippen MR) is 111 cm³/mol. The average molecular weight is 434 g/mol. The van der Waals surface area contributed by atoms with Crippen LogP contribution in [0.3, 0.4) is 0 Å². The molecule has 0 bridgehead atoms. The van der Waals surface area contributed by atoms with E-state index in [2.05, 4.69) is 13.2 Å². The first-order valence-electron chi connectivity index (χ1n) is 10.3. The highest BCUT2D eigenvalue weighted by molar-refractivity contribution is 5.91. The van der Waals surface area contributed by atoms with Crippen LogP contribution in [-0.4, -0.2) is 49.3 Å². The van der Waals surface area contributed by atoms with Gasteiger partial charge in [0, 0.05) is 31.4 Å². The molecular weight excluding hydrogens is 404 g/mol. The monoisotopic (exact) mass is 434 g/mol. The smallest absolute Gasteiger partial charge is 0.334 e. The lowest BCUT2D eigenvalue weighted by Gasteiger charge is -2.38. The van der Waals surface area contributed by atoms with Crippen molar-refractivity contribution in [2.75, 3.05) is 13.2 Å². The van der Waals surface area contributed by atoms with Crippen LogP contribution in [0.2, 0.25) is 0 Å². The van der Waals surface area contributed by atoms with Crippen molar-refractivity contribution in [1.29, 1.82) is 0 Å². The van der Waals surface area contributed by atoms with Gasteiger partial charge >= 0.3 is 23.9 Å². The summed E-state index contributed by atoms with van der Waals surface area (Å²) in [7, 11) is 0. The molecule has 0 aromatic carbocycles. The van der Waals surface area contributed by atoms with E-state index >= 15 is 0 Å². The van der Waals surface area contributed by atoms with Gasteiger partial charge in [-0.3, -0.25) is 9.59 Å². The van der Waals surface area contributed by atoms with Crippen molar-refractivity contribution in [3.05, 3.63) is 35.5 Å². The number of hydrogen-bond acceptors (Lipinski definition) is 8. The number of fused-ring (bicyclic) bond motifs is 1. The molecular formula is C23H30O8.